The fourth-order valence-electron chi connectivity index (χ4n) is 2.45. The molecular weight excluding hydrogens is 204 g/mol. The van der Waals surface area contributed by atoms with Crippen LogP contribution in [0.15, 0.2) is 11.3 Å². The minimum absolute atomic E-state index is 0.00105. The van der Waals surface area contributed by atoms with Crippen LogP contribution in [0.3, 0.4) is 0 Å². The molecule has 0 saturated carbocycles. The zero-order valence-corrected chi connectivity index (χ0v) is 10.4. The van der Waals surface area contributed by atoms with Crippen molar-refractivity contribution < 1.29 is 14.3 Å². The summed E-state index contributed by atoms with van der Waals surface area (Å²) in [6.07, 6.45) is 0.990. The van der Waals surface area contributed by atoms with Crippen molar-refractivity contribution in [3.8, 4) is 0 Å². The van der Waals surface area contributed by atoms with Crippen LogP contribution < -0.4 is 0 Å². The van der Waals surface area contributed by atoms with Crippen LogP contribution in [0.4, 0.5) is 0 Å². The predicted molar refractivity (Wildman–Crippen MR) is 60.6 cm³/mol. The summed E-state index contributed by atoms with van der Waals surface area (Å²) >= 11 is 0. The van der Waals surface area contributed by atoms with E-state index in [-0.39, 0.29) is 18.0 Å². The molecular formula is C13H20O3. The average Bonchev–Trinajstić information content (AvgIpc) is 2.70. The number of ether oxygens (including phenoxy) is 2. The maximum absolute atomic E-state index is 11.9. The number of cyclic esters (lactones) is 1. The average molecular weight is 224 g/mol. The molecule has 0 radical (unpaired) electrons. The molecule has 2 aliphatic rings. The molecule has 0 aromatic rings. The molecule has 3 heteroatoms. The Morgan fingerprint density at radius 3 is 2.75 bits per heavy atom. The number of esters is 1. The van der Waals surface area contributed by atoms with Crippen LogP contribution in [-0.2, 0) is 14.3 Å². The molecule has 1 saturated heterocycles. The topological polar surface area (TPSA) is 35.5 Å². The normalized spacial score (nSPS) is 35.5. The predicted octanol–water partition coefficient (Wildman–Crippen LogP) is 2.51. The van der Waals surface area contributed by atoms with Crippen LogP contribution in [0.1, 0.15) is 34.1 Å². The fourth-order valence-corrected chi connectivity index (χ4v) is 2.45. The van der Waals surface area contributed by atoms with Gasteiger partial charge >= 0.3 is 5.97 Å². The van der Waals surface area contributed by atoms with Gasteiger partial charge in [-0.25, -0.2) is 4.79 Å². The molecule has 1 fully saturated rings. The van der Waals surface area contributed by atoms with Crippen molar-refractivity contribution in [1.82, 2.24) is 0 Å². The van der Waals surface area contributed by atoms with Gasteiger partial charge in [0.2, 0.25) is 0 Å². The molecule has 2 aliphatic heterocycles. The lowest BCUT2D eigenvalue weighted by Gasteiger charge is -2.31. The number of carbonyl (C=O) groups excluding carboxylic acids is 1. The van der Waals surface area contributed by atoms with Gasteiger partial charge < -0.3 is 9.47 Å². The van der Waals surface area contributed by atoms with Gasteiger partial charge in [-0.15, -0.1) is 0 Å². The van der Waals surface area contributed by atoms with E-state index < -0.39 is 0 Å². The zero-order valence-electron chi connectivity index (χ0n) is 10.4. The van der Waals surface area contributed by atoms with E-state index in [1.807, 2.05) is 6.92 Å². The van der Waals surface area contributed by atoms with Crippen molar-refractivity contribution in [2.45, 2.75) is 40.2 Å². The monoisotopic (exact) mass is 224 g/mol. The van der Waals surface area contributed by atoms with Crippen molar-refractivity contribution in [3.05, 3.63) is 11.3 Å². The summed E-state index contributed by atoms with van der Waals surface area (Å²) in [6.45, 7) is 8.94. The van der Waals surface area contributed by atoms with E-state index in [4.69, 9.17) is 9.47 Å². The summed E-state index contributed by atoms with van der Waals surface area (Å²) in [7, 11) is 0. The summed E-state index contributed by atoms with van der Waals surface area (Å²) in [5.74, 6) is 1.61. The molecule has 2 heterocycles. The van der Waals surface area contributed by atoms with Crippen molar-refractivity contribution >= 4 is 5.97 Å². The van der Waals surface area contributed by atoms with E-state index in [0.717, 1.165) is 17.8 Å². The summed E-state index contributed by atoms with van der Waals surface area (Å²) in [4.78, 5) is 11.9. The maximum Gasteiger partial charge on any atom is 0.338 e. The molecule has 3 nitrogen and oxygen atoms in total. The van der Waals surface area contributed by atoms with Gasteiger partial charge in [0.25, 0.3) is 0 Å². The summed E-state index contributed by atoms with van der Waals surface area (Å²) in [5, 5.41) is 0. The molecule has 0 unspecified atom stereocenters. The molecule has 0 aromatic carbocycles. The summed E-state index contributed by atoms with van der Waals surface area (Å²) in [6, 6.07) is 0. The standard InChI is InChI=1S/C13H20O3/c1-5-7(2)12-11-10(6-15-12)8(3)9(4)16-13(11)14/h7-10H,5-6H2,1-4H3/t7-,8-,9-,10-/m0/s1. The van der Waals surface area contributed by atoms with Crippen molar-refractivity contribution in [2.24, 2.45) is 17.8 Å². The Hall–Kier alpha value is -0.990. The Labute approximate surface area is 96.8 Å². The molecule has 0 aliphatic carbocycles. The van der Waals surface area contributed by atoms with Gasteiger partial charge in [0.1, 0.15) is 11.9 Å². The minimum atomic E-state index is -0.164. The minimum Gasteiger partial charge on any atom is -0.496 e. The second-order valence-electron chi connectivity index (χ2n) is 4.97. The van der Waals surface area contributed by atoms with E-state index in [9.17, 15) is 4.79 Å². The highest BCUT2D eigenvalue weighted by Gasteiger charge is 2.44. The van der Waals surface area contributed by atoms with E-state index in [0.29, 0.717) is 18.4 Å². The van der Waals surface area contributed by atoms with Gasteiger partial charge in [0, 0.05) is 17.8 Å². The van der Waals surface area contributed by atoms with E-state index in [2.05, 4.69) is 20.8 Å². The molecule has 0 spiro atoms. The number of rotatable bonds is 2. The highest BCUT2D eigenvalue weighted by Crippen LogP contribution is 2.41. The molecule has 16 heavy (non-hydrogen) atoms. The van der Waals surface area contributed by atoms with Gasteiger partial charge in [-0.2, -0.15) is 0 Å². The smallest absolute Gasteiger partial charge is 0.338 e. The quantitative estimate of drug-likeness (QED) is 0.676. The molecule has 4 atom stereocenters. The van der Waals surface area contributed by atoms with Crippen LogP contribution >= 0.6 is 0 Å². The number of fused-ring (bicyclic) bond motifs is 1. The molecule has 0 aromatic heterocycles. The first-order valence-electron chi connectivity index (χ1n) is 6.14. The largest absolute Gasteiger partial charge is 0.496 e. The van der Waals surface area contributed by atoms with E-state index in [1.165, 1.54) is 0 Å². The van der Waals surface area contributed by atoms with E-state index >= 15 is 0 Å². The SMILES string of the molecule is CC[C@H](C)C1=C2C(=O)O[C@@H](C)[C@H](C)[C@@H]2CO1. The second kappa shape index (κ2) is 4.11. The van der Waals surface area contributed by atoms with Crippen LogP contribution in [0, 0.1) is 17.8 Å². The molecule has 0 N–H and O–H groups in total. The van der Waals surface area contributed by atoms with Gasteiger partial charge in [0.05, 0.1) is 12.2 Å². The van der Waals surface area contributed by atoms with E-state index in [1.54, 1.807) is 0 Å². The van der Waals surface area contributed by atoms with Gasteiger partial charge in [0.15, 0.2) is 0 Å². The van der Waals surface area contributed by atoms with Crippen LogP contribution in [0.25, 0.3) is 0 Å². The number of hydrogen-bond donors (Lipinski definition) is 0. The number of carbonyl (C=O) groups is 1. The number of hydrogen-bond acceptors (Lipinski definition) is 3. The molecule has 0 bridgehead atoms. The highest BCUT2D eigenvalue weighted by molar-refractivity contribution is 5.91. The molecule has 0 amide bonds. The van der Waals surface area contributed by atoms with Gasteiger partial charge in [-0.05, 0) is 13.3 Å². The zero-order chi connectivity index (χ0) is 11.9. The van der Waals surface area contributed by atoms with Gasteiger partial charge in [-0.1, -0.05) is 20.8 Å². The van der Waals surface area contributed by atoms with Crippen molar-refractivity contribution in [3.63, 3.8) is 0 Å². The van der Waals surface area contributed by atoms with Crippen molar-refractivity contribution in [2.75, 3.05) is 6.61 Å². The lowest BCUT2D eigenvalue weighted by Crippen LogP contribution is -2.37. The Bertz CT molecular complexity index is 332. The fraction of sp³-hybridized carbons (Fsp3) is 0.769. The first kappa shape index (κ1) is 11.5. The Balaban J connectivity index is 2.33. The number of allylic oxidation sites excluding steroid dienone is 1. The first-order valence-corrected chi connectivity index (χ1v) is 6.14. The first-order chi connectivity index (χ1) is 7.56. The lowest BCUT2D eigenvalue weighted by molar-refractivity contribution is -0.152. The summed E-state index contributed by atoms with van der Waals surface area (Å²) in [5.41, 5.74) is 0.806. The molecule has 2 rings (SSSR count). The van der Waals surface area contributed by atoms with Crippen LogP contribution in [-0.4, -0.2) is 18.7 Å². The Kier molecular flexibility index (Phi) is 2.96. The Morgan fingerprint density at radius 2 is 2.12 bits per heavy atom. The maximum atomic E-state index is 11.9. The van der Waals surface area contributed by atoms with Crippen LogP contribution in [0.5, 0.6) is 0 Å². The van der Waals surface area contributed by atoms with Crippen LogP contribution in [0.2, 0.25) is 0 Å². The third-order valence-corrected chi connectivity index (χ3v) is 4.00. The highest BCUT2D eigenvalue weighted by atomic mass is 16.6. The third-order valence-electron chi connectivity index (χ3n) is 4.00. The second-order valence-corrected chi connectivity index (χ2v) is 4.97. The van der Waals surface area contributed by atoms with Gasteiger partial charge in [-0.3, -0.25) is 0 Å². The lowest BCUT2D eigenvalue weighted by atomic mass is 9.81. The third kappa shape index (κ3) is 1.62. The Morgan fingerprint density at radius 1 is 1.44 bits per heavy atom. The van der Waals surface area contributed by atoms with Crippen molar-refractivity contribution in [1.29, 1.82) is 0 Å². The summed E-state index contributed by atoms with van der Waals surface area (Å²) < 4.78 is 11.1. The molecule has 90 valence electrons.